The number of thiazole rings is 1. The summed E-state index contributed by atoms with van der Waals surface area (Å²) in [6, 6.07) is 7.64. The number of nitrogens with zero attached hydrogens (tertiary/aromatic N) is 2. The molecule has 1 amide bonds. The molecule has 0 unspecified atom stereocenters. The molecular formula is C20H21N3O4S. The van der Waals surface area contributed by atoms with Crippen LogP contribution >= 0.6 is 11.3 Å². The Balaban J connectivity index is 1.72. The summed E-state index contributed by atoms with van der Waals surface area (Å²) in [6.45, 7) is 6.68. The molecule has 2 aromatic heterocycles. The molecule has 0 bridgehead atoms. The molecule has 8 heteroatoms. The number of benzene rings is 1. The molecule has 0 aliphatic rings. The zero-order valence-corrected chi connectivity index (χ0v) is 17.0. The lowest BCUT2D eigenvalue weighted by Crippen LogP contribution is -2.34. The van der Waals surface area contributed by atoms with Crippen LogP contribution in [0.2, 0.25) is 0 Å². The summed E-state index contributed by atoms with van der Waals surface area (Å²) in [6.07, 6.45) is 0. The number of hydrogen-bond acceptors (Lipinski definition) is 6. The minimum absolute atomic E-state index is 0.130. The first-order valence-corrected chi connectivity index (χ1v) is 9.68. The lowest BCUT2D eigenvalue weighted by molar-refractivity contribution is -0.121. The Hall–Kier alpha value is -3.00. The standard InChI is InChI=1S/C20H21N3O4S/c1-5-23(20-22-14-8-6-7-9-15(14)28-20)16(25)10-27-19(26)18-11(2)17(13(4)24)12(3)21-18/h6-9,21H,5,10H2,1-4H3. The Morgan fingerprint density at radius 3 is 2.54 bits per heavy atom. The number of nitrogens with one attached hydrogen (secondary N) is 1. The molecule has 7 nitrogen and oxygen atoms in total. The fraction of sp³-hybridized carbons (Fsp3) is 0.300. The molecular weight excluding hydrogens is 378 g/mol. The molecule has 0 atom stereocenters. The number of hydrogen-bond donors (Lipinski definition) is 1. The molecule has 0 aliphatic carbocycles. The fourth-order valence-electron chi connectivity index (χ4n) is 3.15. The van der Waals surface area contributed by atoms with Gasteiger partial charge in [0.05, 0.1) is 10.2 Å². The maximum atomic E-state index is 12.6. The number of carbonyl (C=O) groups excluding carboxylic acids is 3. The van der Waals surface area contributed by atoms with Crippen molar-refractivity contribution < 1.29 is 19.1 Å². The van der Waals surface area contributed by atoms with E-state index in [9.17, 15) is 14.4 Å². The number of anilines is 1. The number of para-hydroxylation sites is 1. The molecule has 1 aromatic carbocycles. The zero-order valence-electron chi connectivity index (χ0n) is 16.2. The number of H-pyrrole nitrogens is 1. The van der Waals surface area contributed by atoms with Crippen molar-refractivity contribution in [2.45, 2.75) is 27.7 Å². The number of ketones is 1. The zero-order chi connectivity index (χ0) is 20.4. The van der Waals surface area contributed by atoms with Gasteiger partial charge in [0.15, 0.2) is 17.5 Å². The molecule has 0 aliphatic heterocycles. The summed E-state index contributed by atoms with van der Waals surface area (Å²) < 4.78 is 6.18. The van der Waals surface area contributed by atoms with Gasteiger partial charge in [-0.25, -0.2) is 9.78 Å². The van der Waals surface area contributed by atoms with Gasteiger partial charge in [0.1, 0.15) is 5.69 Å². The van der Waals surface area contributed by atoms with Gasteiger partial charge < -0.3 is 9.72 Å². The van der Waals surface area contributed by atoms with Gasteiger partial charge in [0, 0.05) is 17.8 Å². The average molecular weight is 399 g/mol. The lowest BCUT2D eigenvalue weighted by atomic mass is 10.1. The van der Waals surface area contributed by atoms with E-state index in [0.29, 0.717) is 28.5 Å². The molecule has 0 radical (unpaired) electrons. The predicted octanol–water partition coefficient (Wildman–Crippen LogP) is 3.65. The molecule has 0 fully saturated rings. The van der Waals surface area contributed by atoms with E-state index in [1.54, 1.807) is 13.8 Å². The van der Waals surface area contributed by atoms with Crippen LogP contribution in [0.1, 0.15) is 46.0 Å². The van der Waals surface area contributed by atoms with E-state index in [1.807, 2.05) is 31.2 Å². The van der Waals surface area contributed by atoms with E-state index in [1.165, 1.54) is 23.2 Å². The molecule has 2 heterocycles. The first-order valence-electron chi connectivity index (χ1n) is 8.86. The van der Waals surface area contributed by atoms with Crippen molar-refractivity contribution in [2.75, 3.05) is 18.1 Å². The van der Waals surface area contributed by atoms with Crippen molar-refractivity contribution in [1.29, 1.82) is 0 Å². The van der Waals surface area contributed by atoms with Crippen LogP contribution in [0.25, 0.3) is 10.2 Å². The average Bonchev–Trinajstić information content (AvgIpc) is 3.20. The van der Waals surface area contributed by atoms with Crippen molar-refractivity contribution in [3.63, 3.8) is 0 Å². The smallest absolute Gasteiger partial charge is 0.355 e. The SMILES string of the molecule is CCN(C(=O)COC(=O)c1[nH]c(C)c(C(C)=O)c1C)c1nc2ccccc2s1. The van der Waals surface area contributed by atoms with Crippen LogP contribution < -0.4 is 4.90 Å². The third-order valence-electron chi connectivity index (χ3n) is 4.45. The van der Waals surface area contributed by atoms with Crippen molar-refractivity contribution in [3.05, 3.63) is 46.8 Å². The maximum Gasteiger partial charge on any atom is 0.355 e. The molecule has 28 heavy (non-hydrogen) atoms. The molecule has 0 saturated carbocycles. The van der Waals surface area contributed by atoms with E-state index in [4.69, 9.17) is 4.74 Å². The van der Waals surface area contributed by atoms with Gasteiger partial charge in [0.25, 0.3) is 5.91 Å². The van der Waals surface area contributed by atoms with Crippen molar-refractivity contribution in [1.82, 2.24) is 9.97 Å². The predicted molar refractivity (Wildman–Crippen MR) is 108 cm³/mol. The maximum absolute atomic E-state index is 12.6. The third-order valence-corrected chi connectivity index (χ3v) is 5.51. The van der Waals surface area contributed by atoms with Gasteiger partial charge in [0.2, 0.25) is 0 Å². The number of aromatic nitrogens is 2. The third kappa shape index (κ3) is 3.68. The molecule has 3 aromatic rings. The number of esters is 1. The van der Waals surface area contributed by atoms with Crippen LogP contribution in [0.3, 0.4) is 0 Å². The van der Waals surface area contributed by atoms with Crippen LogP contribution in [-0.4, -0.2) is 40.8 Å². The van der Waals surface area contributed by atoms with Crippen LogP contribution in [0, 0.1) is 13.8 Å². The van der Waals surface area contributed by atoms with Gasteiger partial charge in [-0.1, -0.05) is 23.5 Å². The summed E-state index contributed by atoms with van der Waals surface area (Å²) in [5.41, 5.74) is 2.62. The topological polar surface area (TPSA) is 92.4 Å². The summed E-state index contributed by atoms with van der Waals surface area (Å²) in [5.74, 6) is -1.15. The number of fused-ring (bicyclic) bond motifs is 1. The highest BCUT2D eigenvalue weighted by Gasteiger charge is 2.23. The number of ether oxygens (including phenoxy) is 1. The Morgan fingerprint density at radius 2 is 1.93 bits per heavy atom. The van der Waals surface area contributed by atoms with E-state index in [0.717, 1.165) is 10.2 Å². The minimum atomic E-state index is -0.665. The van der Waals surface area contributed by atoms with Crippen LogP contribution in [0.4, 0.5) is 5.13 Å². The highest BCUT2D eigenvalue weighted by atomic mass is 32.1. The van der Waals surface area contributed by atoms with Gasteiger partial charge in [-0.15, -0.1) is 0 Å². The van der Waals surface area contributed by atoms with Gasteiger partial charge >= 0.3 is 5.97 Å². The Bertz CT molecular complexity index is 1030. The Labute approximate surface area is 166 Å². The Kier molecular flexibility index (Phi) is 5.60. The monoisotopic (exact) mass is 399 g/mol. The molecule has 0 saturated heterocycles. The van der Waals surface area contributed by atoms with E-state index in [-0.39, 0.29) is 17.4 Å². The first kappa shape index (κ1) is 19.8. The van der Waals surface area contributed by atoms with Crippen molar-refractivity contribution in [2.24, 2.45) is 0 Å². The van der Waals surface area contributed by atoms with Gasteiger partial charge in [-0.05, 0) is 45.4 Å². The molecule has 1 N–H and O–H groups in total. The van der Waals surface area contributed by atoms with Gasteiger partial charge in [-0.3, -0.25) is 14.5 Å². The number of amides is 1. The number of Topliss-reactive ketones (excluding diaryl/α,β-unsaturated/α-hetero) is 1. The normalized spacial score (nSPS) is 10.9. The van der Waals surface area contributed by atoms with Crippen LogP contribution in [0.15, 0.2) is 24.3 Å². The quantitative estimate of drug-likeness (QED) is 0.504. The largest absolute Gasteiger partial charge is 0.451 e. The van der Waals surface area contributed by atoms with Crippen LogP contribution in [0.5, 0.6) is 0 Å². The molecule has 146 valence electrons. The first-order chi connectivity index (χ1) is 13.3. The lowest BCUT2D eigenvalue weighted by Gasteiger charge is -2.17. The summed E-state index contributed by atoms with van der Waals surface area (Å²) in [7, 11) is 0. The Morgan fingerprint density at radius 1 is 1.21 bits per heavy atom. The fourth-order valence-corrected chi connectivity index (χ4v) is 4.20. The number of aromatic amines is 1. The second-order valence-corrected chi connectivity index (χ2v) is 7.37. The summed E-state index contributed by atoms with van der Waals surface area (Å²) in [5, 5.41) is 0.565. The number of likely N-dealkylation sites (N-methyl/N-ethyl adjacent to an activating group) is 1. The van der Waals surface area contributed by atoms with E-state index in [2.05, 4.69) is 9.97 Å². The highest BCUT2D eigenvalue weighted by Crippen LogP contribution is 2.28. The van der Waals surface area contributed by atoms with E-state index >= 15 is 0 Å². The van der Waals surface area contributed by atoms with Crippen LogP contribution in [-0.2, 0) is 9.53 Å². The highest BCUT2D eigenvalue weighted by molar-refractivity contribution is 7.22. The number of rotatable bonds is 6. The molecule has 3 rings (SSSR count). The minimum Gasteiger partial charge on any atom is -0.451 e. The molecule has 0 spiro atoms. The van der Waals surface area contributed by atoms with Crippen molar-refractivity contribution in [3.8, 4) is 0 Å². The second kappa shape index (κ2) is 7.93. The number of aryl methyl sites for hydroxylation is 1. The van der Waals surface area contributed by atoms with E-state index < -0.39 is 12.6 Å². The van der Waals surface area contributed by atoms with Crippen molar-refractivity contribution >= 4 is 44.3 Å². The summed E-state index contributed by atoms with van der Waals surface area (Å²) >= 11 is 1.41. The van der Waals surface area contributed by atoms with Gasteiger partial charge in [-0.2, -0.15) is 0 Å². The number of carbonyl (C=O) groups is 3. The second-order valence-electron chi connectivity index (χ2n) is 6.36. The summed E-state index contributed by atoms with van der Waals surface area (Å²) in [4.78, 5) is 45.6.